The number of nitrogens with zero attached hydrogens (tertiary/aromatic N) is 8. The zero-order chi connectivity index (χ0) is 35.1. The van der Waals surface area contributed by atoms with Crippen molar-refractivity contribution in [3.8, 4) is 28.5 Å². The van der Waals surface area contributed by atoms with Gasteiger partial charge in [0.2, 0.25) is 0 Å². The predicted molar refractivity (Wildman–Crippen MR) is 209 cm³/mol. The van der Waals surface area contributed by atoms with E-state index in [1.54, 1.807) is 0 Å². The van der Waals surface area contributed by atoms with Gasteiger partial charge in [0.15, 0.2) is 11.6 Å². The van der Waals surface area contributed by atoms with Gasteiger partial charge < -0.3 is 9.47 Å². The van der Waals surface area contributed by atoms with Gasteiger partial charge in [-0.25, -0.2) is 29.9 Å². The third-order valence-electron chi connectivity index (χ3n) is 10.3. The normalized spacial score (nSPS) is 12.5. The summed E-state index contributed by atoms with van der Waals surface area (Å²) < 4.78 is 2.42. The maximum atomic E-state index is 4.38. The van der Waals surface area contributed by atoms with Crippen LogP contribution in [0.25, 0.3) is 50.3 Å². The van der Waals surface area contributed by atoms with E-state index in [0.717, 1.165) is 29.8 Å². The summed E-state index contributed by atoms with van der Waals surface area (Å²) in [6, 6.07) is 50.2. The molecule has 10 rings (SSSR count). The van der Waals surface area contributed by atoms with Crippen molar-refractivity contribution in [1.29, 1.82) is 0 Å². The van der Waals surface area contributed by atoms with E-state index < -0.39 is 0 Å². The monoisotopic (exact) mass is 684 g/mol. The van der Waals surface area contributed by atoms with E-state index in [2.05, 4.69) is 179 Å². The summed E-state index contributed by atoms with van der Waals surface area (Å²) in [5.74, 6) is 1.25. The fourth-order valence-corrected chi connectivity index (χ4v) is 7.95. The lowest BCUT2D eigenvalue weighted by Crippen LogP contribution is -2.12. The van der Waals surface area contributed by atoms with E-state index in [-0.39, 0.29) is 5.92 Å². The molecule has 0 unspecified atom stereocenters. The van der Waals surface area contributed by atoms with Crippen molar-refractivity contribution >= 4 is 33.2 Å². The fourth-order valence-electron chi connectivity index (χ4n) is 7.95. The topological polar surface area (TPSA) is 85.5 Å². The molecule has 53 heavy (non-hydrogen) atoms. The first-order valence-corrected chi connectivity index (χ1v) is 17.7. The van der Waals surface area contributed by atoms with Gasteiger partial charge in [-0.1, -0.05) is 91.0 Å². The van der Waals surface area contributed by atoms with E-state index in [1.165, 1.54) is 80.7 Å². The van der Waals surface area contributed by atoms with Crippen molar-refractivity contribution in [2.45, 2.75) is 12.3 Å². The summed E-state index contributed by atoms with van der Waals surface area (Å²) in [5, 5.41) is 2.57. The molecular weight excluding hydrogens is 653 g/mol. The van der Waals surface area contributed by atoms with Crippen LogP contribution < -0.4 is 4.90 Å². The molecule has 0 N–H and O–H groups in total. The molecule has 0 aliphatic carbocycles. The van der Waals surface area contributed by atoms with Gasteiger partial charge in [-0.15, -0.1) is 0 Å². The molecule has 0 amide bonds. The van der Waals surface area contributed by atoms with Gasteiger partial charge in [0.25, 0.3) is 0 Å². The largest absolute Gasteiger partial charge is 0.341 e. The lowest BCUT2D eigenvalue weighted by molar-refractivity contribution is 0.977. The van der Waals surface area contributed by atoms with E-state index in [9.17, 15) is 0 Å². The summed E-state index contributed by atoms with van der Waals surface area (Å²) in [5.41, 5.74) is 12.9. The molecule has 3 aromatic heterocycles. The number of para-hydroxylation sites is 2. The maximum Gasteiger partial charge on any atom is 0.162 e. The van der Waals surface area contributed by atoms with Crippen LogP contribution in [-0.4, -0.2) is 41.0 Å². The Labute approximate surface area is 306 Å². The van der Waals surface area contributed by atoms with Gasteiger partial charge in [0, 0.05) is 51.4 Å². The Morgan fingerprint density at radius 3 is 1.60 bits per heavy atom. The summed E-state index contributed by atoms with van der Waals surface area (Å²) >= 11 is 0. The summed E-state index contributed by atoms with van der Waals surface area (Å²) in [4.78, 5) is 28.0. The SMILES string of the molecule is c1ccc(N2CCc3c2ccc2c3c3cc(C(c4ccc(-c5ncncn5)cc4)c4ccc(-c5ncncn5)cc4)ccc3n2-c2ccccc2)cc1. The Morgan fingerprint density at radius 2 is 1.02 bits per heavy atom. The van der Waals surface area contributed by atoms with Crippen LogP contribution in [-0.2, 0) is 6.42 Å². The van der Waals surface area contributed by atoms with Crippen molar-refractivity contribution in [3.05, 3.63) is 187 Å². The van der Waals surface area contributed by atoms with Crippen LogP contribution in [0.15, 0.2) is 165 Å². The summed E-state index contributed by atoms with van der Waals surface area (Å²) in [7, 11) is 0. The number of hydrogen-bond acceptors (Lipinski definition) is 7. The van der Waals surface area contributed by atoms with E-state index in [1.807, 2.05) is 0 Å². The van der Waals surface area contributed by atoms with E-state index in [0.29, 0.717) is 11.6 Å². The van der Waals surface area contributed by atoms with Gasteiger partial charge in [-0.3, -0.25) is 0 Å². The van der Waals surface area contributed by atoms with Crippen LogP contribution in [0.2, 0.25) is 0 Å². The van der Waals surface area contributed by atoms with Gasteiger partial charge in [0.05, 0.1) is 11.0 Å². The third-order valence-corrected chi connectivity index (χ3v) is 10.3. The molecular formula is C45H32N8. The Bertz CT molecular complexity index is 2620. The molecule has 1 aliphatic heterocycles. The highest BCUT2D eigenvalue weighted by atomic mass is 15.2. The molecule has 9 aromatic rings. The molecule has 0 atom stereocenters. The number of anilines is 2. The minimum Gasteiger partial charge on any atom is -0.341 e. The number of benzene rings is 6. The number of rotatable bonds is 7. The molecule has 0 bridgehead atoms. The minimum atomic E-state index is -0.0491. The lowest BCUT2D eigenvalue weighted by atomic mass is 9.84. The zero-order valence-electron chi connectivity index (χ0n) is 28.7. The highest BCUT2D eigenvalue weighted by Gasteiger charge is 2.27. The molecule has 1 aliphatic rings. The number of fused-ring (bicyclic) bond motifs is 5. The van der Waals surface area contributed by atoms with Crippen molar-refractivity contribution in [1.82, 2.24) is 34.5 Å². The molecule has 0 spiro atoms. The Kier molecular flexibility index (Phi) is 7.49. The Morgan fingerprint density at radius 1 is 0.491 bits per heavy atom. The second kappa shape index (κ2) is 12.9. The van der Waals surface area contributed by atoms with Crippen molar-refractivity contribution in [3.63, 3.8) is 0 Å². The molecule has 6 aromatic carbocycles. The molecule has 8 nitrogen and oxygen atoms in total. The van der Waals surface area contributed by atoms with Crippen LogP contribution in [0.4, 0.5) is 11.4 Å². The van der Waals surface area contributed by atoms with Crippen molar-refractivity contribution < 1.29 is 0 Å². The van der Waals surface area contributed by atoms with Gasteiger partial charge in [-0.05, 0) is 77.2 Å². The van der Waals surface area contributed by atoms with Crippen LogP contribution in [0, 0.1) is 0 Å². The highest BCUT2D eigenvalue weighted by Crippen LogP contribution is 2.45. The Hall–Kier alpha value is -7.06. The first kappa shape index (κ1) is 30.7. The maximum absolute atomic E-state index is 4.38. The summed E-state index contributed by atoms with van der Waals surface area (Å²) in [6.07, 6.45) is 7.10. The zero-order valence-corrected chi connectivity index (χ0v) is 28.7. The first-order chi connectivity index (χ1) is 26.3. The molecule has 8 heteroatoms. The van der Waals surface area contributed by atoms with Crippen LogP contribution >= 0.6 is 0 Å². The van der Waals surface area contributed by atoms with Gasteiger partial charge in [-0.2, -0.15) is 0 Å². The number of hydrogen-bond donors (Lipinski definition) is 0. The van der Waals surface area contributed by atoms with Crippen LogP contribution in [0.5, 0.6) is 0 Å². The standard InChI is InChI=1S/C45H32N8/c1-3-7-35(8-4-1)52-24-23-37-39(52)21-22-41-43(37)38-25-34(19-20-40(38)53(41)36-9-5-2-6-10-36)42(30-11-15-32(16-12-30)44-48-26-46-27-49-44)31-13-17-33(18-14-31)45-50-28-47-29-51-45/h1-22,25-29,42H,23-24H2. The smallest absolute Gasteiger partial charge is 0.162 e. The third kappa shape index (κ3) is 5.39. The van der Waals surface area contributed by atoms with E-state index >= 15 is 0 Å². The molecule has 0 saturated carbocycles. The minimum absolute atomic E-state index is 0.0491. The lowest BCUT2D eigenvalue weighted by Gasteiger charge is -2.20. The average molecular weight is 685 g/mol. The van der Waals surface area contributed by atoms with Crippen molar-refractivity contribution in [2.75, 3.05) is 11.4 Å². The Balaban J connectivity index is 1.17. The molecule has 252 valence electrons. The van der Waals surface area contributed by atoms with Gasteiger partial charge in [0.1, 0.15) is 25.3 Å². The first-order valence-electron chi connectivity index (χ1n) is 17.7. The predicted octanol–water partition coefficient (Wildman–Crippen LogP) is 9.36. The molecule has 0 saturated heterocycles. The average Bonchev–Trinajstić information content (AvgIpc) is 3.82. The van der Waals surface area contributed by atoms with Crippen LogP contribution in [0.3, 0.4) is 0 Å². The molecule has 0 fully saturated rings. The second-order valence-corrected chi connectivity index (χ2v) is 13.2. The quantitative estimate of drug-likeness (QED) is 0.155. The van der Waals surface area contributed by atoms with Gasteiger partial charge >= 0.3 is 0 Å². The van der Waals surface area contributed by atoms with Crippen molar-refractivity contribution in [2.24, 2.45) is 0 Å². The molecule has 4 heterocycles. The summed E-state index contributed by atoms with van der Waals surface area (Å²) in [6.45, 7) is 0.944. The fraction of sp³-hybridized carbons (Fsp3) is 0.0667. The van der Waals surface area contributed by atoms with Crippen LogP contribution in [0.1, 0.15) is 28.2 Å². The second-order valence-electron chi connectivity index (χ2n) is 13.2. The highest BCUT2D eigenvalue weighted by molar-refractivity contribution is 6.13. The number of aromatic nitrogens is 7. The molecule has 0 radical (unpaired) electrons. The van der Waals surface area contributed by atoms with E-state index in [4.69, 9.17) is 0 Å².